The van der Waals surface area contributed by atoms with Crippen molar-refractivity contribution in [3.63, 3.8) is 0 Å². The molecular weight excluding hydrogens is 779 g/mol. The summed E-state index contributed by atoms with van der Waals surface area (Å²) >= 11 is 0. The van der Waals surface area contributed by atoms with Gasteiger partial charge in [-0.2, -0.15) is 0 Å². The van der Waals surface area contributed by atoms with Gasteiger partial charge in [0.1, 0.15) is 11.2 Å². The number of aromatic nitrogens is 2. The second-order valence-corrected chi connectivity index (χ2v) is 17.2. The van der Waals surface area contributed by atoms with Gasteiger partial charge in [-0.25, -0.2) is 0 Å². The van der Waals surface area contributed by atoms with E-state index in [1.807, 2.05) is 12.1 Å². The maximum Gasteiger partial charge on any atom is 0.135 e. The normalized spacial score (nSPS) is 15.4. The number of rotatable bonds is 5. The van der Waals surface area contributed by atoms with Gasteiger partial charge in [-0.3, -0.25) is 0 Å². The third-order valence-electron chi connectivity index (χ3n) is 13.8. The Balaban J connectivity index is 0.990. The molecule has 4 heterocycles. The van der Waals surface area contributed by atoms with Gasteiger partial charge < -0.3 is 18.5 Å². The molecule has 1 aliphatic carbocycles. The first kappa shape index (κ1) is 35.3. The highest BCUT2D eigenvalue weighted by molar-refractivity contribution is 6.22. The molecule has 4 nitrogen and oxygen atoms in total. The molecule has 300 valence electrons. The van der Waals surface area contributed by atoms with Crippen molar-refractivity contribution < 1.29 is 4.42 Å². The Morgan fingerprint density at radius 3 is 1.94 bits per heavy atom. The first-order valence-electron chi connectivity index (χ1n) is 22.2. The maximum absolute atomic E-state index is 6.20. The van der Waals surface area contributed by atoms with Crippen molar-refractivity contribution in [1.29, 1.82) is 0 Å². The lowest BCUT2D eigenvalue weighted by molar-refractivity contribution is 0.669. The topological polar surface area (TPSA) is 26.2 Å². The number of para-hydroxylation sites is 4. The molecule has 2 atom stereocenters. The minimum absolute atomic E-state index is 0.0847. The highest BCUT2D eigenvalue weighted by Crippen LogP contribution is 2.55. The Morgan fingerprint density at radius 2 is 1.06 bits per heavy atom. The van der Waals surface area contributed by atoms with Gasteiger partial charge in [0.15, 0.2) is 0 Å². The molecular formula is C60H39N3O. The first-order chi connectivity index (χ1) is 31.8. The average Bonchev–Trinajstić information content (AvgIpc) is 4.10. The molecule has 0 saturated heterocycles. The van der Waals surface area contributed by atoms with Crippen molar-refractivity contribution >= 4 is 72.1 Å². The number of benzene rings is 9. The van der Waals surface area contributed by atoms with Crippen molar-refractivity contribution in [2.45, 2.75) is 12.0 Å². The predicted octanol–water partition coefficient (Wildman–Crippen LogP) is 15.6. The van der Waals surface area contributed by atoms with Crippen LogP contribution < -0.4 is 4.90 Å². The minimum Gasteiger partial charge on any atom is -0.456 e. The smallest absolute Gasteiger partial charge is 0.135 e. The zero-order valence-corrected chi connectivity index (χ0v) is 34.8. The molecule has 0 spiro atoms. The van der Waals surface area contributed by atoms with Crippen molar-refractivity contribution in [1.82, 2.24) is 9.13 Å². The maximum atomic E-state index is 6.20. The van der Waals surface area contributed by atoms with Crippen LogP contribution in [0.2, 0.25) is 0 Å². The summed E-state index contributed by atoms with van der Waals surface area (Å²) in [6.45, 7) is 0. The van der Waals surface area contributed by atoms with Crippen molar-refractivity contribution in [3.05, 3.63) is 235 Å². The van der Waals surface area contributed by atoms with Gasteiger partial charge in [-0.1, -0.05) is 152 Å². The molecule has 0 fully saturated rings. The number of hydrogen-bond donors (Lipinski definition) is 0. The van der Waals surface area contributed by atoms with Gasteiger partial charge in [0.05, 0.1) is 28.5 Å². The molecule has 1 aliphatic heterocycles. The van der Waals surface area contributed by atoms with Crippen LogP contribution in [0.1, 0.15) is 22.7 Å². The fourth-order valence-electron chi connectivity index (χ4n) is 11.1. The number of furan rings is 1. The third-order valence-corrected chi connectivity index (χ3v) is 13.8. The SMILES string of the molecule is C1=CC2C(c3ccccc3N2c2cccc(-c3ccccc3)c2)c2c1c1ccc3c(c4ccccc4n3-c3cccc(-c4ccc5oc6ccccc6c5c4)c3)c1n2-c1ccccc1. The van der Waals surface area contributed by atoms with E-state index in [0.29, 0.717) is 0 Å². The molecule has 0 radical (unpaired) electrons. The summed E-state index contributed by atoms with van der Waals surface area (Å²) in [7, 11) is 0. The van der Waals surface area contributed by atoms with E-state index < -0.39 is 0 Å². The van der Waals surface area contributed by atoms with E-state index in [4.69, 9.17) is 4.42 Å². The van der Waals surface area contributed by atoms with Crippen molar-refractivity contribution in [3.8, 4) is 33.6 Å². The summed E-state index contributed by atoms with van der Waals surface area (Å²) in [6.07, 6.45) is 4.87. The molecule has 64 heavy (non-hydrogen) atoms. The zero-order chi connectivity index (χ0) is 41.9. The zero-order valence-electron chi connectivity index (χ0n) is 34.8. The molecule has 4 heteroatoms. The number of nitrogens with zero attached hydrogens (tertiary/aromatic N) is 3. The Kier molecular flexibility index (Phi) is 7.48. The van der Waals surface area contributed by atoms with Gasteiger partial charge in [-0.15, -0.1) is 0 Å². The largest absolute Gasteiger partial charge is 0.456 e. The second kappa shape index (κ2) is 13.6. The molecule has 0 N–H and O–H groups in total. The molecule has 0 amide bonds. The lowest BCUT2D eigenvalue weighted by Gasteiger charge is -2.32. The third kappa shape index (κ3) is 5.05. The summed E-state index contributed by atoms with van der Waals surface area (Å²) in [6, 6.07) is 77.4. The molecule has 3 aromatic heterocycles. The van der Waals surface area contributed by atoms with Gasteiger partial charge in [0, 0.05) is 60.9 Å². The molecule has 14 rings (SSSR count). The monoisotopic (exact) mass is 817 g/mol. The Labute approximate surface area is 369 Å². The van der Waals surface area contributed by atoms with Crippen LogP contribution in [-0.2, 0) is 0 Å². The molecule has 0 bridgehead atoms. The van der Waals surface area contributed by atoms with E-state index in [0.717, 1.165) is 38.8 Å². The van der Waals surface area contributed by atoms with Crippen molar-refractivity contribution in [2.24, 2.45) is 0 Å². The van der Waals surface area contributed by atoms with Gasteiger partial charge in [0.25, 0.3) is 0 Å². The van der Waals surface area contributed by atoms with Gasteiger partial charge in [-0.05, 0) is 101 Å². The van der Waals surface area contributed by atoms with Crippen LogP contribution in [0.25, 0.3) is 94.4 Å². The lowest BCUT2D eigenvalue weighted by Crippen LogP contribution is -2.31. The van der Waals surface area contributed by atoms with E-state index in [-0.39, 0.29) is 12.0 Å². The Bertz CT molecular complexity index is 3870. The molecule has 2 unspecified atom stereocenters. The number of hydrogen-bond acceptors (Lipinski definition) is 2. The van der Waals surface area contributed by atoms with Crippen molar-refractivity contribution in [2.75, 3.05) is 4.90 Å². The van der Waals surface area contributed by atoms with E-state index in [1.54, 1.807) is 0 Å². The first-order valence-corrected chi connectivity index (χ1v) is 22.2. The van der Waals surface area contributed by atoms with Crippen LogP contribution in [0, 0.1) is 0 Å². The summed E-state index contributed by atoms with van der Waals surface area (Å²) in [5.41, 5.74) is 18.9. The summed E-state index contributed by atoms with van der Waals surface area (Å²) in [5, 5.41) is 6.03. The molecule has 0 saturated carbocycles. The van der Waals surface area contributed by atoms with Crippen LogP contribution >= 0.6 is 0 Å². The van der Waals surface area contributed by atoms with Crippen LogP contribution in [0.5, 0.6) is 0 Å². The lowest BCUT2D eigenvalue weighted by atomic mass is 9.84. The van der Waals surface area contributed by atoms with Crippen LogP contribution in [0.4, 0.5) is 11.4 Å². The molecule has 9 aromatic carbocycles. The Hall–Kier alpha value is -8.34. The predicted molar refractivity (Wildman–Crippen MR) is 265 cm³/mol. The highest BCUT2D eigenvalue weighted by Gasteiger charge is 2.44. The standard InChI is InChI=1S/C60H39N3O/c1-3-15-38(16-4-1)39-17-13-21-43(35-39)61-51-26-10-7-24-48(51)57-53(61)32-30-46-47-31-33-54-58(60(47)63(59(46)57)42-19-5-2-6-20-42)49-25-8-11-27-52(49)62(54)44-22-14-18-40(36-44)41-29-34-56-50(37-41)45-23-9-12-28-55(45)64-56/h1-37,53,57H. The van der Waals surface area contributed by atoms with E-state index in [9.17, 15) is 0 Å². The van der Waals surface area contributed by atoms with Gasteiger partial charge in [0.2, 0.25) is 0 Å². The van der Waals surface area contributed by atoms with Crippen LogP contribution in [0.3, 0.4) is 0 Å². The minimum atomic E-state index is 0.0847. The quantitative estimate of drug-likeness (QED) is 0.173. The summed E-state index contributed by atoms with van der Waals surface area (Å²) < 4.78 is 11.3. The number of anilines is 2. The molecule has 2 aliphatic rings. The molecule has 12 aromatic rings. The Morgan fingerprint density at radius 1 is 0.406 bits per heavy atom. The summed E-state index contributed by atoms with van der Waals surface area (Å²) in [4.78, 5) is 2.57. The van der Waals surface area contributed by atoms with Crippen LogP contribution in [0.15, 0.2) is 223 Å². The average molecular weight is 818 g/mol. The number of fused-ring (bicyclic) bond motifs is 14. The van der Waals surface area contributed by atoms with E-state index in [1.165, 1.54) is 77.7 Å². The van der Waals surface area contributed by atoms with Gasteiger partial charge >= 0.3 is 0 Å². The second-order valence-electron chi connectivity index (χ2n) is 17.2. The van der Waals surface area contributed by atoms with E-state index >= 15 is 0 Å². The fraction of sp³-hybridized carbons (Fsp3) is 0.0333. The summed E-state index contributed by atoms with van der Waals surface area (Å²) in [5.74, 6) is 0.0916. The highest BCUT2D eigenvalue weighted by atomic mass is 16.3. The van der Waals surface area contributed by atoms with E-state index in [2.05, 4.69) is 226 Å². The van der Waals surface area contributed by atoms with Crippen LogP contribution in [-0.4, -0.2) is 15.2 Å². The fourth-order valence-corrected chi connectivity index (χ4v) is 11.1.